The molecule has 2 fully saturated rings. The van der Waals surface area contributed by atoms with E-state index in [0.717, 1.165) is 51.3 Å². The van der Waals surface area contributed by atoms with Crippen LogP contribution in [-0.4, -0.2) is 67.7 Å². The highest BCUT2D eigenvalue weighted by Crippen LogP contribution is 2.19. The van der Waals surface area contributed by atoms with Crippen molar-refractivity contribution in [1.82, 2.24) is 15.1 Å². The van der Waals surface area contributed by atoms with Gasteiger partial charge in [0.15, 0.2) is 0 Å². The Balaban J connectivity index is 1.57. The number of rotatable bonds is 5. The molecule has 5 nitrogen and oxygen atoms in total. The number of nitrogens with zero attached hydrogens (tertiary/aromatic N) is 2. The molecule has 1 aromatic carbocycles. The summed E-state index contributed by atoms with van der Waals surface area (Å²) in [5.74, 6) is 0.744. The Bertz CT molecular complexity index is 577. The highest BCUT2D eigenvalue weighted by atomic mass is 16.5. The largest absolute Gasteiger partial charge is 0.373 e. The van der Waals surface area contributed by atoms with Gasteiger partial charge in [-0.25, -0.2) is 0 Å². The van der Waals surface area contributed by atoms with E-state index in [9.17, 15) is 4.79 Å². The molecular weight excluding hydrogens is 326 g/mol. The summed E-state index contributed by atoms with van der Waals surface area (Å²) in [6, 6.07) is 8.19. The monoisotopic (exact) mass is 359 g/mol. The van der Waals surface area contributed by atoms with E-state index >= 15 is 0 Å². The molecule has 144 valence electrons. The molecule has 1 aromatic rings. The predicted octanol–water partition coefficient (Wildman–Crippen LogP) is 2.37. The average Bonchev–Trinajstić information content (AvgIpc) is 2.61. The second-order valence-corrected chi connectivity index (χ2v) is 7.97. The number of ether oxygens (including phenoxy) is 1. The van der Waals surface area contributed by atoms with Crippen molar-refractivity contribution >= 4 is 5.91 Å². The van der Waals surface area contributed by atoms with E-state index in [4.69, 9.17) is 4.74 Å². The van der Waals surface area contributed by atoms with Crippen molar-refractivity contribution in [1.29, 1.82) is 0 Å². The minimum Gasteiger partial charge on any atom is -0.373 e. The molecule has 3 unspecified atom stereocenters. The van der Waals surface area contributed by atoms with Gasteiger partial charge in [0.1, 0.15) is 0 Å². The second kappa shape index (κ2) is 8.98. The summed E-state index contributed by atoms with van der Waals surface area (Å²) in [4.78, 5) is 17.3. The molecule has 0 bridgehead atoms. The molecule has 2 aliphatic rings. The van der Waals surface area contributed by atoms with Crippen LogP contribution in [0.5, 0.6) is 0 Å². The first-order chi connectivity index (χ1) is 12.5. The molecule has 0 saturated carbocycles. The number of carbonyl (C=O) groups excluding carboxylic acids is 1. The Morgan fingerprint density at radius 2 is 1.85 bits per heavy atom. The number of hydrogen-bond donors (Lipinski definition) is 1. The Morgan fingerprint density at radius 1 is 1.15 bits per heavy atom. The van der Waals surface area contributed by atoms with Crippen molar-refractivity contribution in [3.05, 3.63) is 35.4 Å². The first-order valence-electron chi connectivity index (χ1n) is 9.95. The fourth-order valence-electron chi connectivity index (χ4n) is 4.31. The normalized spacial score (nSPS) is 27.5. The van der Waals surface area contributed by atoms with Gasteiger partial charge in [0, 0.05) is 38.3 Å². The van der Waals surface area contributed by atoms with Gasteiger partial charge in [-0.2, -0.15) is 0 Å². The van der Waals surface area contributed by atoms with Gasteiger partial charge in [-0.15, -0.1) is 0 Å². The molecule has 0 aliphatic carbocycles. The maximum Gasteiger partial charge on any atom is 0.253 e. The van der Waals surface area contributed by atoms with Gasteiger partial charge >= 0.3 is 0 Å². The smallest absolute Gasteiger partial charge is 0.253 e. The summed E-state index contributed by atoms with van der Waals surface area (Å²) >= 11 is 0. The van der Waals surface area contributed by atoms with Crippen LogP contribution < -0.4 is 5.32 Å². The number of carbonyl (C=O) groups is 1. The molecule has 1 N–H and O–H groups in total. The molecule has 26 heavy (non-hydrogen) atoms. The van der Waals surface area contributed by atoms with Crippen molar-refractivity contribution in [3.63, 3.8) is 0 Å². The lowest BCUT2D eigenvalue weighted by Gasteiger charge is -2.35. The molecule has 0 spiro atoms. The van der Waals surface area contributed by atoms with Gasteiger partial charge in [-0.1, -0.05) is 12.1 Å². The molecule has 2 heterocycles. The maximum atomic E-state index is 12.8. The van der Waals surface area contributed by atoms with E-state index in [1.807, 2.05) is 24.1 Å². The van der Waals surface area contributed by atoms with Crippen LogP contribution in [0.25, 0.3) is 0 Å². The molecule has 2 saturated heterocycles. The number of benzene rings is 1. The fourth-order valence-corrected chi connectivity index (χ4v) is 4.31. The maximum absolute atomic E-state index is 12.8. The van der Waals surface area contributed by atoms with Crippen LogP contribution in [0.2, 0.25) is 0 Å². The number of nitrogens with one attached hydrogen (secondary N) is 1. The number of morpholine rings is 1. The van der Waals surface area contributed by atoms with Crippen LogP contribution in [0, 0.1) is 5.92 Å². The van der Waals surface area contributed by atoms with Crippen molar-refractivity contribution in [2.24, 2.45) is 5.92 Å². The van der Waals surface area contributed by atoms with E-state index in [2.05, 4.69) is 36.2 Å². The topological polar surface area (TPSA) is 44.8 Å². The van der Waals surface area contributed by atoms with Crippen molar-refractivity contribution in [2.75, 3.05) is 39.8 Å². The summed E-state index contributed by atoms with van der Waals surface area (Å²) in [5, 5.41) is 3.24. The second-order valence-electron chi connectivity index (χ2n) is 7.97. The van der Waals surface area contributed by atoms with Crippen LogP contribution in [0.1, 0.15) is 42.6 Å². The third-order valence-electron chi connectivity index (χ3n) is 5.40. The number of piperidine rings is 1. The van der Waals surface area contributed by atoms with Crippen molar-refractivity contribution in [3.8, 4) is 0 Å². The van der Waals surface area contributed by atoms with Gasteiger partial charge in [0.25, 0.3) is 5.91 Å². The van der Waals surface area contributed by atoms with Gasteiger partial charge < -0.3 is 15.0 Å². The predicted molar refractivity (Wildman–Crippen MR) is 104 cm³/mol. The zero-order chi connectivity index (χ0) is 18.5. The van der Waals surface area contributed by atoms with Gasteiger partial charge in [0.2, 0.25) is 0 Å². The lowest BCUT2D eigenvalue weighted by atomic mass is 9.97. The fraction of sp³-hybridized carbons (Fsp3) is 0.667. The van der Waals surface area contributed by atoms with Crippen LogP contribution in [0.3, 0.4) is 0 Å². The summed E-state index contributed by atoms with van der Waals surface area (Å²) in [7, 11) is 1.98. The van der Waals surface area contributed by atoms with E-state index in [0.29, 0.717) is 5.92 Å². The quantitative estimate of drug-likeness (QED) is 0.877. The number of hydrogen-bond acceptors (Lipinski definition) is 4. The van der Waals surface area contributed by atoms with Crippen LogP contribution >= 0.6 is 0 Å². The molecule has 3 rings (SSSR count). The van der Waals surface area contributed by atoms with Crippen LogP contribution in [0.4, 0.5) is 0 Å². The third-order valence-corrected chi connectivity index (χ3v) is 5.40. The molecule has 5 heteroatoms. The molecule has 0 radical (unpaired) electrons. The standard InChI is InChI=1S/C21H33N3O2/c1-16-12-23(13-17(2)26-16)14-18-6-8-20(9-7-18)21(25)24-10-4-5-19(15-24)11-22-3/h6-9,16-17,19,22H,4-5,10-15H2,1-3H3. The highest BCUT2D eigenvalue weighted by Gasteiger charge is 2.25. The minimum absolute atomic E-state index is 0.172. The van der Waals surface area contributed by atoms with Gasteiger partial charge in [-0.05, 0) is 63.9 Å². The Morgan fingerprint density at radius 3 is 2.50 bits per heavy atom. The highest BCUT2D eigenvalue weighted by molar-refractivity contribution is 5.94. The minimum atomic E-state index is 0.172. The molecular formula is C21H33N3O2. The van der Waals surface area contributed by atoms with E-state index < -0.39 is 0 Å². The Kier molecular flexibility index (Phi) is 6.68. The van der Waals surface area contributed by atoms with Gasteiger partial charge in [-0.3, -0.25) is 9.69 Å². The molecule has 3 atom stereocenters. The summed E-state index contributed by atoms with van der Waals surface area (Å²) in [5.41, 5.74) is 2.07. The zero-order valence-electron chi connectivity index (χ0n) is 16.4. The first-order valence-corrected chi connectivity index (χ1v) is 9.95. The van der Waals surface area contributed by atoms with E-state index in [1.165, 1.54) is 12.0 Å². The van der Waals surface area contributed by atoms with E-state index in [-0.39, 0.29) is 18.1 Å². The van der Waals surface area contributed by atoms with Crippen LogP contribution in [0.15, 0.2) is 24.3 Å². The summed E-state index contributed by atoms with van der Waals surface area (Å²) < 4.78 is 5.80. The average molecular weight is 360 g/mol. The van der Waals surface area contributed by atoms with Crippen molar-refractivity contribution in [2.45, 2.75) is 45.4 Å². The van der Waals surface area contributed by atoms with Crippen LogP contribution in [-0.2, 0) is 11.3 Å². The van der Waals surface area contributed by atoms with Gasteiger partial charge in [0.05, 0.1) is 12.2 Å². The molecule has 0 aromatic heterocycles. The lowest BCUT2D eigenvalue weighted by molar-refractivity contribution is -0.0704. The first kappa shape index (κ1) is 19.3. The SMILES string of the molecule is CNCC1CCCN(C(=O)c2ccc(CN3CC(C)OC(C)C3)cc2)C1. The summed E-state index contributed by atoms with van der Waals surface area (Å²) in [6.45, 7) is 9.83. The summed E-state index contributed by atoms with van der Waals surface area (Å²) in [6.07, 6.45) is 2.87. The Hall–Kier alpha value is -1.43. The van der Waals surface area contributed by atoms with Crippen molar-refractivity contribution < 1.29 is 9.53 Å². The lowest BCUT2D eigenvalue weighted by Crippen LogP contribution is -2.44. The zero-order valence-corrected chi connectivity index (χ0v) is 16.4. The third kappa shape index (κ3) is 5.06. The number of likely N-dealkylation sites (tertiary alicyclic amines) is 1. The molecule has 1 amide bonds. The van der Waals surface area contributed by atoms with E-state index in [1.54, 1.807) is 0 Å². The molecule has 2 aliphatic heterocycles. The number of amides is 1. The Labute approximate surface area is 157 Å².